The number of carbonyl (C=O) groups is 1. The van der Waals surface area contributed by atoms with E-state index in [4.69, 9.17) is 0 Å². The molecule has 1 aromatic rings. The minimum atomic E-state index is -0.693. The van der Waals surface area contributed by atoms with Crippen LogP contribution < -0.4 is 0 Å². The number of unbranched alkanes of at least 4 members (excludes halogenated alkanes) is 10. The molecule has 0 radical (unpaired) electrons. The number of rotatable bonds is 16. The average Bonchev–Trinajstić information content (AvgIpc) is 2.65. The third-order valence-electron chi connectivity index (χ3n) is 5.37. The van der Waals surface area contributed by atoms with Gasteiger partial charge in [0, 0.05) is 0 Å². The van der Waals surface area contributed by atoms with E-state index >= 15 is 0 Å². The van der Waals surface area contributed by atoms with Gasteiger partial charge in [-0.05, 0) is 50.2 Å². The van der Waals surface area contributed by atoms with Gasteiger partial charge in [-0.25, -0.2) is 0 Å². The van der Waals surface area contributed by atoms with E-state index in [2.05, 4.69) is 19.1 Å². The summed E-state index contributed by atoms with van der Waals surface area (Å²) in [6.45, 7) is 4.26. The minimum Gasteiger partial charge on any atom is -0.481 e. The fourth-order valence-corrected chi connectivity index (χ4v) is 3.63. The molecule has 0 bridgehead atoms. The van der Waals surface area contributed by atoms with Crippen LogP contribution >= 0.6 is 0 Å². The zero-order valence-electron chi connectivity index (χ0n) is 17.6. The van der Waals surface area contributed by atoms with Crippen molar-refractivity contribution >= 4 is 5.97 Å². The predicted molar refractivity (Wildman–Crippen MR) is 116 cm³/mol. The molecule has 0 aliphatic heterocycles. The highest BCUT2D eigenvalue weighted by Gasteiger charge is 2.20. The lowest BCUT2D eigenvalue weighted by molar-refractivity contribution is -0.139. The van der Waals surface area contributed by atoms with Crippen LogP contribution in [0.1, 0.15) is 107 Å². The monoisotopic (exact) mass is 372 g/mol. The number of carboxylic acid groups (broad SMARTS) is 1. The van der Waals surface area contributed by atoms with E-state index in [1.54, 1.807) is 0 Å². The fraction of sp³-hybridized carbons (Fsp3) is 0.640. The highest BCUT2D eigenvalue weighted by molar-refractivity contribution is 5.76. The summed E-state index contributed by atoms with van der Waals surface area (Å²) in [5, 5.41) is 9.55. The maximum absolute atomic E-state index is 11.6. The van der Waals surface area contributed by atoms with Crippen molar-refractivity contribution in [1.82, 2.24) is 0 Å². The van der Waals surface area contributed by atoms with Crippen molar-refractivity contribution in [2.75, 3.05) is 0 Å². The molecule has 27 heavy (non-hydrogen) atoms. The molecule has 1 aromatic carbocycles. The number of hydrogen-bond donors (Lipinski definition) is 1. The van der Waals surface area contributed by atoms with E-state index in [-0.39, 0.29) is 5.92 Å². The Hall–Kier alpha value is -1.57. The Morgan fingerprint density at radius 1 is 0.889 bits per heavy atom. The lowest BCUT2D eigenvalue weighted by Gasteiger charge is -2.15. The summed E-state index contributed by atoms with van der Waals surface area (Å²) in [6, 6.07) is 7.87. The molecular formula is C25H40O2. The van der Waals surface area contributed by atoms with Crippen molar-refractivity contribution in [3.8, 4) is 0 Å². The second-order valence-electron chi connectivity index (χ2n) is 7.77. The maximum atomic E-state index is 11.6. The van der Waals surface area contributed by atoms with E-state index in [1.165, 1.54) is 57.8 Å². The lowest BCUT2D eigenvalue weighted by Crippen LogP contribution is -2.12. The van der Waals surface area contributed by atoms with Crippen LogP contribution in [0.2, 0.25) is 0 Å². The first kappa shape index (κ1) is 23.5. The Morgan fingerprint density at radius 3 is 2.04 bits per heavy atom. The number of carboxylic acids is 1. The Labute approximate surface area is 167 Å². The summed E-state index contributed by atoms with van der Waals surface area (Å²) in [5.41, 5.74) is 2.06. The molecule has 0 saturated heterocycles. The van der Waals surface area contributed by atoms with Gasteiger partial charge in [0.2, 0.25) is 0 Å². The van der Waals surface area contributed by atoms with Crippen LogP contribution in [-0.4, -0.2) is 11.1 Å². The number of hydrogen-bond acceptors (Lipinski definition) is 1. The molecular weight excluding hydrogens is 332 g/mol. The van der Waals surface area contributed by atoms with Gasteiger partial charge in [0.05, 0.1) is 5.92 Å². The van der Waals surface area contributed by atoms with Gasteiger partial charge in [-0.3, -0.25) is 4.79 Å². The minimum absolute atomic E-state index is 0.358. The first-order valence-electron chi connectivity index (χ1n) is 11.1. The fourth-order valence-electron chi connectivity index (χ4n) is 3.63. The van der Waals surface area contributed by atoms with Crippen molar-refractivity contribution in [1.29, 1.82) is 0 Å². The largest absolute Gasteiger partial charge is 0.481 e. The summed E-state index contributed by atoms with van der Waals surface area (Å²) in [7, 11) is 0. The average molecular weight is 373 g/mol. The van der Waals surface area contributed by atoms with Crippen molar-refractivity contribution < 1.29 is 9.90 Å². The van der Waals surface area contributed by atoms with Crippen LogP contribution in [0.15, 0.2) is 36.4 Å². The first-order valence-corrected chi connectivity index (χ1v) is 11.1. The van der Waals surface area contributed by atoms with Gasteiger partial charge in [0.15, 0.2) is 0 Å². The normalized spacial score (nSPS) is 12.5. The molecule has 1 N–H and O–H groups in total. The lowest BCUT2D eigenvalue weighted by atomic mass is 9.90. The van der Waals surface area contributed by atoms with Crippen molar-refractivity contribution in [2.45, 2.75) is 103 Å². The van der Waals surface area contributed by atoms with Crippen molar-refractivity contribution in [3.63, 3.8) is 0 Å². The van der Waals surface area contributed by atoms with Gasteiger partial charge in [-0.2, -0.15) is 0 Å². The molecule has 0 aliphatic carbocycles. The zero-order chi connectivity index (χ0) is 19.7. The second-order valence-corrected chi connectivity index (χ2v) is 7.77. The van der Waals surface area contributed by atoms with Crippen LogP contribution in [0.4, 0.5) is 0 Å². The number of aryl methyl sites for hydroxylation is 1. The second kappa shape index (κ2) is 15.5. The molecule has 0 heterocycles. The van der Waals surface area contributed by atoms with E-state index < -0.39 is 5.97 Å². The molecule has 0 aliphatic rings. The third-order valence-corrected chi connectivity index (χ3v) is 5.37. The van der Waals surface area contributed by atoms with Crippen molar-refractivity contribution in [2.24, 2.45) is 0 Å². The quantitative estimate of drug-likeness (QED) is 0.237. The third kappa shape index (κ3) is 11.0. The van der Waals surface area contributed by atoms with Gasteiger partial charge < -0.3 is 5.11 Å². The van der Waals surface area contributed by atoms with Gasteiger partial charge in [-0.1, -0.05) is 94.7 Å². The summed E-state index contributed by atoms with van der Waals surface area (Å²) >= 11 is 0. The summed E-state index contributed by atoms with van der Waals surface area (Å²) < 4.78 is 0. The topological polar surface area (TPSA) is 37.3 Å². The Balaban J connectivity index is 2.06. The van der Waals surface area contributed by atoms with Crippen LogP contribution in [0.5, 0.6) is 0 Å². The van der Waals surface area contributed by atoms with Crippen LogP contribution in [-0.2, 0) is 4.79 Å². The summed E-state index contributed by atoms with van der Waals surface area (Å²) in [6.07, 6.45) is 20.5. The Bertz CT molecular complexity index is 533. The molecule has 2 nitrogen and oxygen atoms in total. The molecule has 0 aromatic heterocycles. The summed E-state index contributed by atoms with van der Waals surface area (Å²) in [5.74, 6) is -1.05. The molecule has 1 rings (SSSR count). The number of aliphatic carboxylic acids is 1. The Morgan fingerprint density at radius 2 is 1.44 bits per heavy atom. The predicted octanol–water partition coefficient (Wildman–Crippen LogP) is 7.81. The number of benzene rings is 1. The molecule has 1 atom stereocenters. The Kier molecular flexibility index (Phi) is 13.5. The SMILES string of the molecule is CCCCCCCC/C=C\CCCCCCC(C(=O)O)c1ccccc1C. The standard InChI is InChI=1S/C25H40O2/c1-3-4-5-6-7-8-9-10-11-12-13-14-15-16-21-24(25(26)27)23-20-18-17-19-22(23)2/h10-11,17-20,24H,3-9,12-16,21H2,1-2H3,(H,26,27)/b11-10-. The molecule has 0 fully saturated rings. The smallest absolute Gasteiger partial charge is 0.310 e. The molecule has 2 heteroatoms. The zero-order valence-corrected chi connectivity index (χ0v) is 17.6. The van der Waals surface area contributed by atoms with Crippen LogP contribution in [0.25, 0.3) is 0 Å². The van der Waals surface area contributed by atoms with Gasteiger partial charge in [0.25, 0.3) is 0 Å². The summed E-state index contributed by atoms with van der Waals surface area (Å²) in [4.78, 5) is 11.6. The van der Waals surface area contributed by atoms with Gasteiger partial charge >= 0.3 is 5.97 Å². The molecule has 1 unspecified atom stereocenters. The van der Waals surface area contributed by atoms with E-state index in [0.717, 1.165) is 36.8 Å². The molecule has 0 amide bonds. The van der Waals surface area contributed by atoms with Crippen molar-refractivity contribution in [3.05, 3.63) is 47.5 Å². The van der Waals surface area contributed by atoms with Gasteiger partial charge in [-0.15, -0.1) is 0 Å². The van der Waals surface area contributed by atoms with Gasteiger partial charge in [0.1, 0.15) is 0 Å². The molecule has 0 saturated carbocycles. The molecule has 152 valence electrons. The van der Waals surface area contributed by atoms with Crippen LogP contribution in [0, 0.1) is 6.92 Å². The highest BCUT2D eigenvalue weighted by Crippen LogP contribution is 2.26. The van der Waals surface area contributed by atoms with E-state index in [0.29, 0.717) is 0 Å². The molecule has 0 spiro atoms. The first-order chi connectivity index (χ1) is 13.2. The number of allylic oxidation sites excluding steroid dienone is 2. The highest BCUT2D eigenvalue weighted by atomic mass is 16.4. The van der Waals surface area contributed by atoms with Crippen LogP contribution in [0.3, 0.4) is 0 Å². The maximum Gasteiger partial charge on any atom is 0.310 e. The van der Waals surface area contributed by atoms with E-state index in [1.807, 2.05) is 31.2 Å². The van der Waals surface area contributed by atoms with E-state index in [9.17, 15) is 9.90 Å².